The van der Waals surface area contributed by atoms with Gasteiger partial charge in [-0.3, -0.25) is 9.69 Å². The van der Waals surface area contributed by atoms with Crippen molar-refractivity contribution in [2.75, 3.05) is 27.3 Å². The van der Waals surface area contributed by atoms with E-state index < -0.39 is 0 Å². The lowest BCUT2D eigenvalue weighted by Gasteiger charge is -2.30. The van der Waals surface area contributed by atoms with Crippen LogP contribution in [0.15, 0.2) is 40.9 Å². The van der Waals surface area contributed by atoms with Gasteiger partial charge in [0.05, 0.1) is 20.8 Å². The van der Waals surface area contributed by atoms with E-state index in [1.54, 1.807) is 14.2 Å². The van der Waals surface area contributed by atoms with E-state index in [-0.39, 0.29) is 11.7 Å². The summed E-state index contributed by atoms with van der Waals surface area (Å²) in [6, 6.07) is 11.6. The van der Waals surface area contributed by atoms with Crippen molar-refractivity contribution in [3.8, 4) is 22.9 Å². The number of ether oxygens (including phenoxy) is 2. The predicted octanol–water partition coefficient (Wildman–Crippen LogP) is 4.47. The molecule has 0 amide bonds. The van der Waals surface area contributed by atoms with Crippen molar-refractivity contribution < 1.29 is 18.8 Å². The average Bonchev–Trinajstić information content (AvgIpc) is 3.27. The summed E-state index contributed by atoms with van der Waals surface area (Å²) in [5.41, 5.74) is 3.90. The van der Waals surface area contributed by atoms with Gasteiger partial charge < -0.3 is 14.0 Å². The summed E-state index contributed by atoms with van der Waals surface area (Å²) in [7, 11) is 3.19. The summed E-state index contributed by atoms with van der Waals surface area (Å²) < 4.78 is 16.1. The first-order valence-electron chi connectivity index (χ1n) is 10.9. The van der Waals surface area contributed by atoms with E-state index >= 15 is 0 Å². The van der Waals surface area contributed by atoms with Gasteiger partial charge in [0.2, 0.25) is 11.7 Å². The minimum atomic E-state index is 0.0673. The molecular weight excluding hydrogens is 406 g/mol. The fourth-order valence-electron chi connectivity index (χ4n) is 4.27. The molecule has 7 heteroatoms. The molecule has 2 heterocycles. The number of piperidine rings is 1. The Balaban J connectivity index is 1.36. The van der Waals surface area contributed by atoms with Crippen molar-refractivity contribution in [1.29, 1.82) is 0 Å². The van der Waals surface area contributed by atoms with Gasteiger partial charge in [0.15, 0.2) is 17.3 Å². The lowest BCUT2D eigenvalue weighted by atomic mass is 9.87. The molecule has 1 aromatic heterocycles. The second kappa shape index (κ2) is 9.53. The van der Waals surface area contributed by atoms with E-state index in [0.717, 1.165) is 42.6 Å². The van der Waals surface area contributed by atoms with Crippen LogP contribution in [-0.4, -0.2) is 48.1 Å². The first-order chi connectivity index (χ1) is 15.5. The largest absolute Gasteiger partial charge is 0.493 e. The number of carbonyl (C=O) groups is 1. The molecule has 1 aliphatic rings. The normalized spacial score (nSPS) is 15.0. The quantitative estimate of drug-likeness (QED) is 0.507. The van der Waals surface area contributed by atoms with Crippen molar-refractivity contribution >= 4 is 5.78 Å². The molecular formula is C25H29N3O4. The molecule has 7 nitrogen and oxygen atoms in total. The maximum atomic E-state index is 13.0. The van der Waals surface area contributed by atoms with Gasteiger partial charge in [-0.2, -0.15) is 4.98 Å². The number of carbonyl (C=O) groups excluding carboxylic acids is 1. The molecule has 0 aliphatic carbocycles. The van der Waals surface area contributed by atoms with Crippen LogP contribution in [0.2, 0.25) is 0 Å². The second-order valence-corrected chi connectivity index (χ2v) is 8.31. The van der Waals surface area contributed by atoms with E-state index in [4.69, 9.17) is 14.0 Å². The molecule has 1 saturated heterocycles. The highest BCUT2D eigenvalue weighted by atomic mass is 16.5. The van der Waals surface area contributed by atoms with Crippen molar-refractivity contribution in [3.63, 3.8) is 0 Å². The second-order valence-electron chi connectivity index (χ2n) is 8.31. The molecule has 2 aromatic carbocycles. The van der Waals surface area contributed by atoms with Crippen molar-refractivity contribution in [2.24, 2.45) is 5.92 Å². The van der Waals surface area contributed by atoms with Gasteiger partial charge in [-0.1, -0.05) is 28.9 Å². The molecule has 0 N–H and O–H groups in total. The van der Waals surface area contributed by atoms with Gasteiger partial charge >= 0.3 is 0 Å². The highest BCUT2D eigenvalue weighted by Crippen LogP contribution is 2.31. The topological polar surface area (TPSA) is 77.7 Å². The molecule has 32 heavy (non-hydrogen) atoms. The number of nitrogens with zero attached hydrogens (tertiary/aromatic N) is 3. The number of ketones is 1. The Hall–Kier alpha value is -3.19. The van der Waals surface area contributed by atoms with Crippen molar-refractivity contribution in [3.05, 3.63) is 59.0 Å². The average molecular weight is 436 g/mol. The number of Topliss-reactive ketones (excluding diaryl/α,β-unsaturated/α-hetero) is 1. The number of aromatic nitrogens is 2. The van der Waals surface area contributed by atoms with Crippen molar-refractivity contribution in [2.45, 2.75) is 33.2 Å². The van der Waals surface area contributed by atoms with Crippen LogP contribution in [0.25, 0.3) is 11.4 Å². The lowest BCUT2D eigenvalue weighted by Crippen LogP contribution is -2.36. The van der Waals surface area contributed by atoms with Crippen LogP contribution in [0, 0.1) is 19.8 Å². The number of rotatable bonds is 7. The van der Waals surface area contributed by atoms with Gasteiger partial charge in [0.1, 0.15) is 0 Å². The third kappa shape index (κ3) is 4.67. The minimum absolute atomic E-state index is 0.0673. The number of hydrogen-bond acceptors (Lipinski definition) is 7. The molecule has 168 valence electrons. The number of likely N-dealkylation sites (tertiary alicyclic amines) is 1. The van der Waals surface area contributed by atoms with Crippen molar-refractivity contribution in [1.82, 2.24) is 15.0 Å². The highest BCUT2D eigenvalue weighted by molar-refractivity contribution is 5.99. The zero-order chi connectivity index (χ0) is 22.7. The molecule has 0 atom stereocenters. The number of benzene rings is 2. The number of methoxy groups -OCH3 is 2. The first kappa shape index (κ1) is 22.0. The van der Waals surface area contributed by atoms with Crippen LogP contribution >= 0.6 is 0 Å². The molecule has 0 unspecified atom stereocenters. The van der Waals surface area contributed by atoms with E-state index in [9.17, 15) is 4.79 Å². The monoisotopic (exact) mass is 435 g/mol. The Morgan fingerprint density at radius 3 is 2.50 bits per heavy atom. The summed E-state index contributed by atoms with van der Waals surface area (Å²) in [5.74, 6) is 2.67. The Kier molecular flexibility index (Phi) is 6.55. The molecule has 0 spiro atoms. The van der Waals surface area contributed by atoms with E-state index in [1.807, 2.05) is 44.2 Å². The molecule has 0 radical (unpaired) electrons. The third-order valence-corrected chi connectivity index (χ3v) is 6.07. The standard InChI is InChI=1S/C25H29N3O4/c1-16-5-7-20(17(2)13-16)24(29)18-9-11-28(12-10-18)15-23-26-25(27-32-23)19-6-8-21(30-3)22(14-19)31-4/h5-8,13-14,18H,9-12,15H2,1-4H3. The van der Waals surface area contributed by atoms with Crippen LogP contribution in [0.1, 0.15) is 40.2 Å². The van der Waals surface area contributed by atoms with Crippen LogP contribution in [-0.2, 0) is 6.54 Å². The SMILES string of the molecule is COc1ccc(-c2noc(CN3CCC(C(=O)c4ccc(C)cc4C)CC3)n2)cc1OC. The zero-order valence-electron chi connectivity index (χ0n) is 19.1. The van der Waals surface area contributed by atoms with Gasteiger partial charge in [0.25, 0.3) is 0 Å². The van der Waals surface area contributed by atoms with Gasteiger partial charge in [-0.05, 0) is 63.5 Å². The fraction of sp³-hybridized carbons (Fsp3) is 0.400. The smallest absolute Gasteiger partial charge is 0.241 e. The Morgan fingerprint density at radius 1 is 1.06 bits per heavy atom. The van der Waals surface area contributed by atoms with Gasteiger partial charge in [-0.15, -0.1) is 0 Å². The maximum absolute atomic E-state index is 13.0. The molecule has 1 fully saturated rings. The summed E-state index contributed by atoms with van der Waals surface area (Å²) in [6.07, 6.45) is 1.67. The summed E-state index contributed by atoms with van der Waals surface area (Å²) in [6.45, 7) is 6.30. The predicted molar refractivity (Wildman–Crippen MR) is 121 cm³/mol. The highest BCUT2D eigenvalue weighted by Gasteiger charge is 2.27. The molecule has 0 saturated carbocycles. The van der Waals surface area contributed by atoms with Gasteiger partial charge in [-0.25, -0.2) is 0 Å². The zero-order valence-corrected chi connectivity index (χ0v) is 19.1. The molecule has 3 aromatic rings. The summed E-state index contributed by atoms with van der Waals surface area (Å²) >= 11 is 0. The van der Waals surface area contributed by atoms with Crippen LogP contribution in [0.4, 0.5) is 0 Å². The Labute approximate surface area is 188 Å². The van der Waals surface area contributed by atoms with Crippen LogP contribution in [0.3, 0.4) is 0 Å². The van der Waals surface area contributed by atoms with E-state index in [1.165, 1.54) is 5.56 Å². The molecule has 1 aliphatic heterocycles. The lowest BCUT2D eigenvalue weighted by molar-refractivity contribution is 0.0824. The minimum Gasteiger partial charge on any atom is -0.493 e. The first-order valence-corrected chi connectivity index (χ1v) is 10.9. The summed E-state index contributed by atoms with van der Waals surface area (Å²) in [4.78, 5) is 19.8. The van der Waals surface area contributed by atoms with Gasteiger partial charge in [0, 0.05) is 17.0 Å². The fourth-order valence-corrected chi connectivity index (χ4v) is 4.27. The number of aryl methyl sites for hydroxylation is 2. The van der Waals surface area contributed by atoms with E-state index in [0.29, 0.717) is 29.8 Å². The number of hydrogen-bond donors (Lipinski definition) is 0. The summed E-state index contributed by atoms with van der Waals surface area (Å²) in [5, 5.41) is 4.12. The molecule has 0 bridgehead atoms. The molecule has 4 rings (SSSR count). The van der Waals surface area contributed by atoms with Crippen LogP contribution in [0.5, 0.6) is 11.5 Å². The Morgan fingerprint density at radius 2 is 1.81 bits per heavy atom. The maximum Gasteiger partial charge on any atom is 0.241 e. The third-order valence-electron chi connectivity index (χ3n) is 6.07. The Bertz CT molecular complexity index is 1100. The van der Waals surface area contributed by atoms with Crippen LogP contribution < -0.4 is 9.47 Å². The van der Waals surface area contributed by atoms with E-state index in [2.05, 4.69) is 21.1 Å².